The number of nitrogens with zero attached hydrogens (tertiary/aromatic N) is 3. The molecule has 3 amide bonds. The number of imide groups is 1. The van der Waals surface area contributed by atoms with Crippen molar-refractivity contribution >= 4 is 35.0 Å². The van der Waals surface area contributed by atoms with Crippen LogP contribution in [-0.2, 0) is 22.6 Å². The average molecular weight is 485 g/mol. The van der Waals surface area contributed by atoms with Gasteiger partial charge in [-0.3, -0.25) is 24.6 Å². The van der Waals surface area contributed by atoms with Crippen LogP contribution in [0.5, 0.6) is 0 Å². The SMILES string of the molecule is O=C1CCC(N2Cc3c(cc(F)cc3N3CCN(CCc4ccc(Cl)cc4)CC3)C2=O)C(=O)N1. The number of rotatable bonds is 5. The maximum Gasteiger partial charge on any atom is 0.255 e. The molecular formula is C25H26ClFN4O3. The summed E-state index contributed by atoms with van der Waals surface area (Å²) < 4.78 is 14.5. The topological polar surface area (TPSA) is 73.0 Å². The minimum Gasteiger partial charge on any atom is -0.369 e. The number of piperidine rings is 1. The minimum atomic E-state index is -0.710. The van der Waals surface area contributed by atoms with Gasteiger partial charge in [-0.2, -0.15) is 0 Å². The molecule has 0 bridgehead atoms. The summed E-state index contributed by atoms with van der Waals surface area (Å²) in [7, 11) is 0. The van der Waals surface area contributed by atoms with E-state index < -0.39 is 17.8 Å². The number of carbonyl (C=O) groups excluding carboxylic acids is 3. The van der Waals surface area contributed by atoms with Gasteiger partial charge in [0.25, 0.3) is 5.91 Å². The molecule has 9 heteroatoms. The van der Waals surface area contributed by atoms with Gasteiger partial charge in [-0.15, -0.1) is 0 Å². The third-order valence-corrected chi connectivity index (χ3v) is 7.19. The lowest BCUT2D eigenvalue weighted by molar-refractivity contribution is -0.136. The molecule has 3 heterocycles. The molecule has 3 aliphatic rings. The minimum absolute atomic E-state index is 0.190. The van der Waals surface area contributed by atoms with Crippen LogP contribution in [0.1, 0.15) is 34.3 Å². The molecule has 0 spiro atoms. The molecule has 1 unspecified atom stereocenters. The van der Waals surface area contributed by atoms with E-state index in [1.807, 2.05) is 24.3 Å². The van der Waals surface area contributed by atoms with Crippen LogP contribution >= 0.6 is 11.6 Å². The van der Waals surface area contributed by atoms with E-state index in [2.05, 4.69) is 15.1 Å². The molecule has 7 nitrogen and oxygen atoms in total. The third-order valence-electron chi connectivity index (χ3n) is 6.94. The van der Waals surface area contributed by atoms with Gasteiger partial charge in [-0.25, -0.2) is 4.39 Å². The van der Waals surface area contributed by atoms with Crippen molar-refractivity contribution in [1.82, 2.24) is 15.1 Å². The van der Waals surface area contributed by atoms with Crippen molar-refractivity contribution in [3.8, 4) is 0 Å². The van der Waals surface area contributed by atoms with Crippen LogP contribution < -0.4 is 10.2 Å². The van der Waals surface area contributed by atoms with Gasteiger partial charge in [-0.05, 0) is 42.7 Å². The number of carbonyl (C=O) groups is 3. The molecule has 0 radical (unpaired) electrons. The largest absolute Gasteiger partial charge is 0.369 e. The zero-order valence-electron chi connectivity index (χ0n) is 18.7. The van der Waals surface area contributed by atoms with E-state index in [0.717, 1.165) is 55.4 Å². The van der Waals surface area contributed by atoms with Crippen molar-refractivity contribution in [3.63, 3.8) is 0 Å². The zero-order valence-corrected chi connectivity index (χ0v) is 19.5. The molecule has 2 aromatic rings. The molecule has 34 heavy (non-hydrogen) atoms. The number of piperazine rings is 1. The van der Waals surface area contributed by atoms with Gasteiger partial charge in [0.05, 0.1) is 0 Å². The highest BCUT2D eigenvalue weighted by Crippen LogP contribution is 2.35. The van der Waals surface area contributed by atoms with Gasteiger partial charge in [0.1, 0.15) is 11.9 Å². The Bertz CT molecular complexity index is 1130. The van der Waals surface area contributed by atoms with Gasteiger partial charge >= 0.3 is 0 Å². The Balaban J connectivity index is 1.26. The second-order valence-corrected chi connectivity index (χ2v) is 9.49. The Kier molecular flexibility index (Phi) is 6.27. The number of hydrogen-bond donors (Lipinski definition) is 1. The monoisotopic (exact) mass is 484 g/mol. The summed E-state index contributed by atoms with van der Waals surface area (Å²) in [5.74, 6) is -1.61. The Morgan fingerprint density at radius 1 is 1.03 bits per heavy atom. The number of hydrogen-bond acceptors (Lipinski definition) is 5. The van der Waals surface area contributed by atoms with E-state index in [9.17, 15) is 18.8 Å². The van der Waals surface area contributed by atoms with Crippen LogP contribution in [0.4, 0.5) is 10.1 Å². The van der Waals surface area contributed by atoms with Crippen LogP contribution in [0.2, 0.25) is 5.02 Å². The number of benzene rings is 2. The quantitative estimate of drug-likeness (QED) is 0.660. The lowest BCUT2D eigenvalue weighted by Crippen LogP contribution is -2.52. The predicted octanol–water partition coefficient (Wildman–Crippen LogP) is 2.60. The summed E-state index contributed by atoms with van der Waals surface area (Å²) in [6.45, 7) is 4.30. The van der Waals surface area contributed by atoms with Crippen molar-refractivity contribution in [2.45, 2.75) is 31.8 Å². The maximum absolute atomic E-state index is 14.5. The number of nitrogens with one attached hydrogen (secondary N) is 1. The van der Waals surface area contributed by atoms with Crippen LogP contribution in [0.3, 0.4) is 0 Å². The molecule has 0 aliphatic carbocycles. The molecule has 1 N–H and O–H groups in total. The molecular weight excluding hydrogens is 459 g/mol. The highest BCUT2D eigenvalue weighted by atomic mass is 35.5. The zero-order chi connectivity index (χ0) is 23.8. The summed E-state index contributed by atoms with van der Waals surface area (Å²) in [6, 6.07) is 9.93. The summed E-state index contributed by atoms with van der Waals surface area (Å²) in [5, 5.41) is 3.04. The Morgan fingerprint density at radius 3 is 2.47 bits per heavy atom. The molecule has 0 aromatic heterocycles. The standard InChI is InChI=1S/C25H26ClFN4O3/c26-17-3-1-16(2-4-17)7-8-29-9-11-30(12-10-29)22-14-18(27)13-19-20(22)15-31(25(19)34)21-5-6-23(32)28-24(21)33/h1-4,13-14,21H,5-12,15H2,(H,28,32,33). The Labute approximate surface area is 202 Å². The second-order valence-electron chi connectivity index (χ2n) is 9.06. The number of fused-ring (bicyclic) bond motifs is 1. The lowest BCUT2D eigenvalue weighted by atomic mass is 10.0. The molecule has 0 saturated carbocycles. The first kappa shape index (κ1) is 22.8. The van der Waals surface area contributed by atoms with Gasteiger partial charge in [-0.1, -0.05) is 23.7 Å². The maximum atomic E-state index is 14.5. The third kappa shape index (κ3) is 4.52. The first-order chi connectivity index (χ1) is 16.4. The first-order valence-corrected chi connectivity index (χ1v) is 12.0. The van der Waals surface area contributed by atoms with Crippen LogP contribution in [0.25, 0.3) is 0 Å². The highest BCUT2D eigenvalue weighted by Gasteiger charge is 2.41. The summed E-state index contributed by atoms with van der Waals surface area (Å²) >= 11 is 5.96. The van der Waals surface area contributed by atoms with Crippen molar-refractivity contribution in [3.05, 3.63) is 63.9 Å². The molecule has 2 fully saturated rings. The van der Waals surface area contributed by atoms with E-state index >= 15 is 0 Å². The number of amides is 3. The van der Waals surface area contributed by atoms with Gasteiger partial charge in [0, 0.05) is 67.5 Å². The molecule has 2 saturated heterocycles. The lowest BCUT2D eigenvalue weighted by Gasteiger charge is -2.37. The Morgan fingerprint density at radius 2 is 1.76 bits per heavy atom. The number of halogens is 2. The molecule has 1 atom stereocenters. The van der Waals surface area contributed by atoms with E-state index in [1.54, 1.807) is 0 Å². The fourth-order valence-electron chi connectivity index (χ4n) is 5.04. The van der Waals surface area contributed by atoms with Crippen LogP contribution in [0.15, 0.2) is 36.4 Å². The molecule has 3 aliphatic heterocycles. The van der Waals surface area contributed by atoms with Gasteiger partial charge in [0.15, 0.2) is 0 Å². The Hall–Kier alpha value is -2.97. The van der Waals surface area contributed by atoms with Gasteiger partial charge in [0.2, 0.25) is 11.8 Å². The molecule has 2 aromatic carbocycles. The fourth-order valence-corrected chi connectivity index (χ4v) is 5.17. The second kappa shape index (κ2) is 9.35. The first-order valence-electron chi connectivity index (χ1n) is 11.6. The summed E-state index contributed by atoms with van der Waals surface area (Å²) in [6.07, 6.45) is 1.41. The van der Waals surface area contributed by atoms with Crippen molar-refractivity contribution in [2.24, 2.45) is 0 Å². The molecule has 178 valence electrons. The number of anilines is 1. The fraction of sp³-hybridized carbons (Fsp3) is 0.400. The van der Waals surface area contributed by atoms with Crippen molar-refractivity contribution in [1.29, 1.82) is 0 Å². The molecule has 5 rings (SSSR count). The normalized spacial score (nSPS) is 21.1. The highest BCUT2D eigenvalue weighted by molar-refractivity contribution is 6.30. The van der Waals surface area contributed by atoms with E-state index in [0.29, 0.717) is 5.56 Å². The van der Waals surface area contributed by atoms with E-state index in [4.69, 9.17) is 11.6 Å². The van der Waals surface area contributed by atoms with Crippen LogP contribution in [0, 0.1) is 5.82 Å². The van der Waals surface area contributed by atoms with E-state index in [-0.39, 0.29) is 31.2 Å². The summed E-state index contributed by atoms with van der Waals surface area (Å²) in [4.78, 5) is 42.9. The smallest absolute Gasteiger partial charge is 0.255 e. The summed E-state index contributed by atoms with van der Waals surface area (Å²) in [5.41, 5.74) is 3.02. The average Bonchev–Trinajstić information content (AvgIpc) is 3.14. The van der Waals surface area contributed by atoms with Crippen molar-refractivity contribution < 1.29 is 18.8 Å². The van der Waals surface area contributed by atoms with Gasteiger partial charge < -0.3 is 9.80 Å². The predicted molar refractivity (Wildman–Crippen MR) is 126 cm³/mol. The van der Waals surface area contributed by atoms with E-state index in [1.165, 1.54) is 22.6 Å². The van der Waals surface area contributed by atoms with Crippen molar-refractivity contribution in [2.75, 3.05) is 37.6 Å². The van der Waals surface area contributed by atoms with Crippen LogP contribution in [-0.4, -0.2) is 66.3 Å².